The molecule has 2 aromatic rings. The van der Waals surface area contributed by atoms with Crippen molar-refractivity contribution in [1.82, 2.24) is 9.97 Å². The zero-order valence-corrected chi connectivity index (χ0v) is 15.4. The number of nitrogens with one attached hydrogen (secondary N) is 2. The number of rotatable bonds is 7. The Morgan fingerprint density at radius 3 is 2.92 bits per heavy atom. The maximum atomic E-state index is 12.1. The summed E-state index contributed by atoms with van der Waals surface area (Å²) in [4.78, 5) is 32.1. The van der Waals surface area contributed by atoms with Crippen LogP contribution in [0, 0.1) is 0 Å². The summed E-state index contributed by atoms with van der Waals surface area (Å²) in [5, 5.41) is 8.04. The van der Waals surface area contributed by atoms with Gasteiger partial charge in [-0.15, -0.1) is 17.9 Å². The topological polar surface area (TPSA) is 93.2 Å². The highest BCUT2D eigenvalue weighted by atomic mass is 35.5. The van der Waals surface area contributed by atoms with Crippen LogP contribution in [0.2, 0.25) is 10.0 Å². The number of aromatic nitrogens is 2. The van der Waals surface area contributed by atoms with Gasteiger partial charge in [-0.3, -0.25) is 4.79 Å². The normalized spacial score (nSPS) is 11.5. The van der Waals surface area contributed by atoms with Crippen molar-refractivity contribution in [3.63, 3.8) is 0 Å². The lowest BCUT2D eigenvalue weighted by molar-refractivity contribution is -0.123. The number of nitrogens with zero attached hydrogens (tertiary/aromatic N) is 2. The van der Waals surface area contributed by atoms with Crippen molar-refractivity contribution in [3.8, 4) is 0 Å². The first-order chi connectivity index (χ1) is 11.9. The second-order valence-electron chi connectivity index (χ2n) is 4.73. The number of pyridine rings is 1. The van der Waals surface area contributed by atoms with Gasteiger partial charge in [-0.2, -0.15) is 0 Å². The molecule has 2 heterocycles. The van der Waals surface area contributed by atoms with Gasteiger partial charge in [0.1, 0.15) is 0 Å². The minimum absolute atomic E-state index is 0.110. The molecule has 0 aromatic carbocycles. The first-order valence-corrected chi connectivity index (χ1v) is 8.67. The summed E-state index contributed by atoms with van der Waals surface area (Å²) >= 11 is 12.9. The average molecular weight is 401 g/mol. The van der Waals surface area contributed by atoms with Crippen LogP contribution < -0.4 is 10.6 Å². The molecule has 2 aromatic heterocycles. The zero-order chi connectivity index (χ0) is 18.4. The lowest BCUT2D eigenvalue weighted by Gasteiger charge is -2.13. The maximum absolute atomic E-state index is 12.1. The van der Waals surface area contributed by atoms with E-state index in [0.717, 1.165) is 0 Å². The Labute approximate surface area is 158 Å². The van der Waals surface area contributed by atoms with Gasteiger partial charge in [0.2, 0.25) is 0 Å². The Balaban J connectivity index is 1.94. The van der Waals surface area contributed by atoms with Gasteiger partial charge < -0.3 is 15.4 Å². The molecule has 2 rings (SSSR count). The van der Waals surface area contributed by atoms with Gasteiger partial charge in [0.05, 0.1) is 10.0 Å². The number of esters is 1. The molecule has 0 saturated heterocycles. The summed E-state index contributed by atoms with van der Waals surface area (Å²) in [7, 11) is 0. The SMILES string of the molecule is C=CCNc1nc(C(=O)OC(C)C(=O)Nc2ncc(Cl)cc2Cl)cs1. The maximum Gasteiger partial charge on any atom is 0.358 e. The van der Waals surface area contributed by atoms with E-state index < -0.39 is 18.0 Å². The van der Waals surface area contributed by atoms with Crippen molar-refractivity contribution in [2.75, 3.05) is 17.2 Å². The van der Waals surface area contributed by atoms with E-state index in [1.54, 1.807) is 6.08 Å². The van der Waals surface area contributed by atoms with Crippen molar-refractivity contribution in [3.05, 3.63) is 46.0 Å². The lowest BCUT2D eigenvalue weighted by atomic mass is 10.3. The Hall–Kier alpha value is -2.16. The average Bonchev–Trinajstić information content (AvgIpc) is 3.04. The monoisotopic (exact) mass is 400 g/mol. The third kappa shape index (κ3) is 5.42. The number of thiazole rings is 1. The number of halogens is 2. The molecule has 0 spiro atoms. The second-order valence-corrected chi connectivity index (χ2v) is 6.43. The van der Waals surface area contributed by atoms with E-state index in [9.17, 15) is 9.59 Å². The molecule has 10 heteroatoms. The number of hydrogen-bond donors (Lipinski definition) is 2. The quantitative estimate of drug-likeness (QED) is 0.544. The van der Waals surface area contributed by atoms with Crippen LogP contribution in [0.5, 0.6) is 0 Å². The van der Waals surface area contributed by atoms with E-state index in [4.69, 9.17) is 27.9 Å². The number of carbonyl (C=O) groups is 2. The van der Waals surface area contributed by atoms with E-state index in [-0.39, 0.29) is 16.5 Å². The Bertz CT molecular complexity index is 797. The fourth-order valence-electron chi connectivity index (χ4n) is 1.61. The molecule has 25 heavy (non-hydrogen) atoms. The predicted octanol–water partition coefficient (Wildman–Crippen LogP) is 3.63. The van der Waals surface area contributed by atoms with Crippen molar-refractivity contribution in [1.29, 1.82) is 0 Å². The fraction of sp³-hybridized carbons (Fsp3) is 0.200. The molecule has 2 N–H and O–H groups in total. The Morgan fingerprint density at radius 1 is 1.48 bits per heavy atom. The molecule has 0 aliphatic heterocycles. The Morgan fingerprint density at radius 2 is 2.24 bits per heavy atom. The van der Waals surface area contributed by atoms with Gasteiger partial charge in [0.25, 0.3) is 5.91 Å². The molecule has 1 unspecified atom stereocenters. The van der Waals surface area contributed by atoms with Crippen LogP contribution in [-0.2, 0) is 9.53 Å². The van der Waals surface area contributed by atoms with Crippen LogP contribution in [0.4, 0.5) is 10.9 Å². The number of amides is 1. The molecule has 7 nitrogen and oxygen atoms in total. The van der Waals surface area contributed by atoms with Crippen LogP contribution in [0.1, 0.15) is 17.4 Å². The van der Waals surface area contributed by atoms with E-state index in [1.807, 2.05) is 0 Å². The molecule has 0 aliphatic rings. The standard InChI is InChI=1S/C15H14Cl2N4O3S/c1-3-4-18-15-20-11(7-25-15)14(23)24-8(2)13(22)21-12-10(17)5-9(16)6-19-12/h3,5-8H,1,4H2,2H3,(H,18,20)(H,19,21,22). The van der Waals surface area contributed by atoms with Gasteiger partial charge in [-0.1, -0.05) is 29.3 Å². The van der Waals surface area contributed by atoms with Crippen molar-refractivity contribution < 1.29 is 14.3 Å². The van der Waals surface area contributed by atoms with E-state index >= 15 is 0 Å². The molecule has 0 radical (unpaired) electrons. The van der Waals surface area contributed by atoms with Crippen molar-refractivity contribution >= 4 is 57.4 Å². The summed E-state index contributed by atoms with van der Waals surface area (Å²) < 4.78 is 5.10. The van der Waals surface area contributed by atoms with E-state index in [2.05, 4.69) is 27.2 Å². The molecule has 1 amide bonds. The van der Waals surface area contributed by atoms with Crippen LogP contribution in [0.15, 0.2) is 30.3 Å². The van der Waals surface area contributed by atoms with E-state index in [0.29, 0.717) is 16.7 Å². The van der Waals surface area contributed by atoms with Gasteiger partial charge >= 0.3 is 5.97 Å². The predicted molar refractivity (Wildman–Crippen MR) is 98.6 cm³/mol. The van der Waals surface area contributed by atoms with Crippen molar-refractivity contribution in [2.24, 2.45) is 0 Å². The molecule has 132 valence electrons. The van der Waals surface area contributed by atoms with E-state index in [1.165, 1.54) is 35.9 Å². The zero-order valence-electron chi connectivity index (χ0n) is 13.1. The number of carbonyl (C=O) groups excluding carboxylic acids is 2. The summed E-state index contributed by atoms with van der Waals surface area (Å²) in [6, 6.07) is 1.44. The van der Waals surface area contributed by atoms with Crippen LogP contribution >= 0.6 is 34.5 Å². The third-order valence-electron chi connectivity index (χ3n) is 2.81. The molecular weight excluding hydrogens is 387 g/mol. The smallest absolute Gasteiger partial charge is 0.358 e. The van der Waals surface area contributed by atoms with Crippen LogP contribution in [-0.4, -0.2) is 34.5 Å². The van der Waals surface area contributed by atoms with Gasteiger partial charge in [-0.05, 0) is 13.0 Å². The molecule has 0 saturated carbocycles. The van der Waals surface area contributed by atoms with Gasteiger partial charge in [-0.25, -0.2) is 14.8 Å². The fourth-order valence-corrected chi connectivity index (χ4v) is 2.72. The first-order valence-electron chi connectivity index (χ1n) is 7.04. The number of ether oxygens (including phenoxy) is 1. The molecule has 0 fully saturated rings. The minimum Gasteiger partial charge on any atom is -0.448 e. The molecule has 0 bridgehead atoms. The summed E-state index contributed by atoms with van der Waals surface area (Å²) in [5.41, 5.74) is 0.110. The van der Waals surface area contributed by atoms with Crippen molar-refractivity contribution in [2.45, 2.75) is 13.0 Å². The van der Waals surface area contributed by atoms with Crippen LogP contribution in [0.3, 0.4) is 0 Å². The summed E-state index contributed by atoms with van der Waals surface area (Å²) in [6.45, 7) is 5.53. The number of hydrogen-bond acceptors (Lipinski definition) is 7. The minimum atomic E-state index is -1.06. The summed E-state index contributed by atoms with van der Waals surface area (Å²) in [5.74, 6) is -1.16. The summed E-state index contributed by atoms with van der Waals surface area (Å²) in [6.07, 6.45) is 1.95. The van der Waals surface area contributed by atoms with Gasteiger partial charge in [0, 0.05) is 18.1 Å². The van der Waals surface area contributed by atoms with Crippen LogP contribution in [0.25, 0.3) is 0 Å². The second kappa shape index (κ2) is 8.80. The highest BCUT2D eigenvalue weighted by Gasteiger charge is 2.22. The highest BCUT2D eigenvalue weighted by Crippen LogP contribution is 2.23. The lowest BCUT2D eigenvalue weighted by Crippen LogP contribution is -2.30. The third-order valence-corrected chi connectivity index (χ3v) is 4.11. The molecule has 0 aliphatic carbocycles. The first kappa shape index (κ1) is 19.2. The molecule has 1 atom stereocenters. The largest absolute Gasteiger partial charge is 0.448 e. The number of anilines is 2. The highest BCUT2D eigenvalue weighted by molar-refractivity contribution is 7.13. The van der Waals surface area contributed by atoms with Gasteiger partial charge in [0.15, 0.2) is 22.7 Å². The molecular formula is C15H14Cl2N4O3S. The Kier molecular flexibility index (Phi) is 6.74.